The largest absolute Gasteiger partial charge is 0.497 e. The van der Waals surface area contributed by atoms with Gasteiger partial charge in [0.2, 0.25) is 5.91 Å². The number of nitrogens with one attached hydrogen (secondary N) is 1. The molecule has 9 heteroatoms. The van der Waals surface area contributed by atoms with Crippen molar-refractivity contribution < 1.29 is 19.1 Å². The Labute approximate surface area is 267 Å². The molecule has 2 amide bonds. The Morgan fingerprint density at radius 2 is 1.58 bits per heavy atom. The molecule has 0 radical (unpaired) electrons. The van der Waals surface area contributed by atoms with Crippen LogP contribution in [0.25, 0.3) is 15.9 Å². The van der Waals surface area contributed by atoms with E-state index in [1.165, 1.54) is 17.8 Å². The summed E-state index contributed by atoms with van der Waals surface area (Å²) in [6.07, 6.45) is 5.25. The molecule has 1 saturated carbocycles. The number of thiophene rings is 1. The predicted molar refractivity (Wildman–Crippen MR) is 177 cm³/mol. The summed E-state index contributed by atoms with van der Waals surface area (Å²) in [6, 6.07) is 26.1. The molecule has 0 bridgehead atoms. The summed E-state index contributed by atoms with van der Waals surface area (Å²) >= 11 is 1.40. The number of fused-ring (bicyclic) bond motifs is 1. The Kier molecular flexibility index (Phi) is 9.16. The summed E-state index contributed by atoms with van der Waals surface area (Å²) in [5.41, 5.74) is 3.38. The highest BCUT2D eigenvalue weighted by molar-refractivity contribution is 7.20. The smallest absolute Gasteiger partial charge is 0.265 e. The van der Waals surface area contributed by atoms with E-state index >= 15 is 0 Å². The molecular weight excluding hydrogens is 584 g/mol. The van der Waals surface area contributed by atoms with Gasteiger partial charge >= 0.3 is 0 Å². The minimum absolute atomic E-state index is 0.0915. The summed E-state index contributed by atoms with van der Waals surface area (Å²) < 4.78 is 12.7. The molecule has 1 atom stereocenters. The van der Waals surface area contributed by atoms with Crippen LogP contribution in [-0.2, 0) is 11.3 Å². The molecule has 0 aliphatic heterocycles. The van der Waals surface area contributed by atoms with Crippen LogP contribution in [0.5, 0.6) is 11.5 Å². The van der Waals surface area contributed by atoms with E-state index in [0.29, 0.717) is 10.6 Å². The molecule has 45 heavy (non-hydrogen) atoms. The Hall–Kier alpha value is -4.63. The van der Waals surface area contributed by atoms with Crippen molar-refractivity contribution in [2.24, 2.45) is 0 Å². The SMILES string of the molecule is COc1ccc(CN(C(=O)c2cc3c(C)nn(-c4ccccc4)c3s2)[C@H](C(=O)NC2CCCCC2)c2ccc(OC)cc2)cc1. The zero-order chi connectivity index (χ0) is 31.3. The molecule has 6 rings (SSSR count). The lowest BCUT2D eigenvalue weighted by molar-refractivity contribution is -0.127. The topological polar surface area (TPSA) is 85.7 Å². The third-order valence-corrected chi connectivity index (χ3v) is 9.57. The molecular formula is C36H38N4O4S. The fourth-order valence-corrected chi connectivity index (χ4v) is 7.17. The van der Waals surface area contributed by atoms with E-state index in [1.54, 1.807) is 19.1 Å². The number of hydrogen-bond acceptors (Lipinski definition) is 6. The second-order valence-corrected chi connectivity index (χ2v) is 12.5. The number of aromatic nitrogens is 2. The first-order valence-electron chi connectivity index (χ1n) is 15.4. The van der Waals surface area contributed by atoms with Crippen LogP contribution in [0.1, 0.15) is 64.6 Å². The van der Waals surface area contributed by atoms with Crippen molar-refractivity contribution >= 4 is 33.4 Å². The number of amides is 2. The first-order valence-corrected chi connectivity index (χ1v) is 16.2. The van der Waals surface area contributed by atoms with Gasteiger partial charge < -0.3 is 19.7 Å². The summed E-state index contributed by atoms with van der Waals surface area (Å²) in [5.74, 6) is 1.01. The molecule has 232 valence electrons. The molecule has 1 aliphatic carbocycles. The molecule has 5 aromatic rings. The van der Waals surface area contributed by atoms with Gasteiger partial charge in [0.1, 0.15) is 22.4 Å². The molecule has 1 fully saturated rings. The molecule has 2 heterocycles. The number of carbonyl (C=O) groups is 2. The zero-order valence-corrected chi connectivity index (χ0v) is 26.7. The van der Waals surface area contributed by atoms with Crippen LogP contribution >= 0.6 is 11.3 Å². The molecule has 1 N–H and O–H groups in total. The van der Waals surface area contributed by atoms with Gasteiger partial charge in [0.25, 0.3) is 5.91 Å². The first-order chi connectivity index (χ1) is 21.9. The van der Waals surface area contributed by atoms with E-state index in [2.05, 4.69) is 5.32 Å². The molecule has 0 saturated heterocycles. The van der Waals surface area contributed by atoms with E-state index in [0.717, 1.165) is 64.2 Å². The van der Waals surface area contributed by atoms with E-state index in [-0.39, 0.29) is 24.4 Å². The van der Waals surface area contributed by atoms with Crippen molar-refractivity contribution in [2.75, 3.05) is 14.2 Å². The summed E-state index contributed by atoms with van der Waals surface area (Å²) in [5, 5.41) is 8.98. The number of rotatable bonds is 10. The van der Waals surface area contributed by atoms with Crippen molar-refractivity contribution in [1.82, 2.24) is 20.0 Å². The maximum absolute atomic E-state index is 14.7. The Morgan fingerprint density at radius 1 is 0.933 bits per heavy atom. The van der Waals surface area contributed by atoms with Gasteiger partial charge in [-0.25, -0.2) is 4.68 Å². The van der Waals surface area contributed by atoms with Gasteiger partial charge in [0.05, 0.1) is 30.5 Å². The van der Waals surface area contributed by atoms with Crippen LogP contribution < -0.4 is 14.8 Å². The van der Waals surface area contributed by atoms with Gasteiger partial charge in [-0.15, -0.1) is 11.3 Å². The van der Waals surface area contributed by atoms with Gasteiger partial charge in [0.15, 0.2) is 0 Å². The number of para-hydroxylation sites is 1. The van der Waals surface area contributed by atoms with Gasteiger partial charge in [-0.1, -0.05) is 61.7 Å². The standard InChI is InChI=1S/C36H38N4O4S/c1-24-31-22-32(45-36(31)40(38-24)28-12-8-5-9-13-28)35(42)39(23-25-14-18-29(43-2)19-15-25)33(26-16-20-30(44-3)21-17-26)34(41)37-27-10-6-4-7-11-27/h5,8-9,12-22,27,33H,4,6-7,10-11,23H2,1-3H3,(H,37,41)/t33-/m0/s1. The quantitative estimate of drug-likeness (QED) is 0.177. The lowest BCUT2D eigenvalue weighted by atomic mass is 9.94. The second-order valence-electron chi connectivity index (χ2n) is 11.5. The number of benzene rings is 3. The molecule has 3 aromatic carbocycles. The van der Waals surface area contributed by atoms with E-state index in [9.17, 15) is 9.59 Å². The molecule has 2 aromatic heterocycles. The third-order valence-electron chi connectivity index (χ3n) is 8.47. The fraction of sp³-hybridized carbons (Fsp3) is 0.306. The highest BCUT2D eigenvalue weighted by atomic mass is 32.1. The maximum Gasteiger partial charge on any atom is 0.265 e. The van der Waals surface area contributed by atoms with E-state index in [4.69, 9.17) is 14.6 Å². The average molecular weight is 623 g/mol. The summed E-state index contributed by atoms with van der Waals surface area (Å²) in [6.45, 7) is 2.19. The number of nitrogens with zero attached hydrogens (tertiary/aromatic N) is 3. The van der Waals surface area contributed by atoms with Crippen molar-refractivity contribution in [3.05, 3.63) is 107 Å². The highest BCUT2D eigenvalue weighted by Gasteiger charge is 2.35. The third kappa shape index (κ3) is 6.59. The second kappa shape index (κ2) is 13.6. The fourth-order valence-electron chi connectivity index (χ4n) is 6.03. The van der Waals surface area contributed by atoms with Crippen LogP contribution in [0.3, 0.4) is 0 Å². The number of ether oxygens (including phenoxy) is 2. The maximum atomic E-state index is 14.7. The minimum atomic E-state index is -0.857. The van der Waals surface area contributed by atoms with Crippen molar-refractivity contribution in [3.63, 3.8) is 0 Å². The van der Waals surface area contributed by atoms with Crippen molar-refractivity contribution in [2.45, 2.75) is 57.7 Å². The normalized spacial score (nSPS) is 14.2. The predicted octanol–water partition coefficient (Wildman–Crippen LogP) is 7.25. The number of carbonyl (C=O) groups excluding carboxylic acids is 2. The molecule has 0 unspecified atom stereocenters. The first kappa shape index (κ1) is 30.4. The lowest BCUT2D eigenvalue weighted by Crippen LogP contribution is -2.46. The van der Waals surface area contributed by atoms with E-state index in [1.807, 2.05) is 96.5 Å². The van der Waals surface area contributed by atoms with Gasteiger partial charge in [0, 0.05) is 18.0 Å². The number of aryl methyl sites for hydroxylation is 1. The summed E-state index contributed by atoms with van der Waals surface area (Å²) in [4.78, 5) is 32.1. The average Bonchev–Trinajstić information content (AvgIpc) is 3.66. The van der Waals surface area contributed by atoms with Gasteiger partial charge in [-0.3, -0.25) is 9.59 Å². The van der Waals surface area contributed by atoms with Crippen LogP contribution in [0, 0.1) is 6.92 Å². The van der Waals surface area contributed by atoms with Crippen molar-refractivity contribution in [3.8, 4) is 17.2 Å². The number of hydrogen-bond donors (Lipinski definition) is 1. The van der Waals surface area contributed by atoms with Gasteiger partial charge in [-0.2, -0.15) is 5.10 Å². The minimum Gasteiger partial charge on any atom is -0.497 e. The van der Waals surface area contributed by atoms with Crippen LogP contribution in [0.4, 0.5) is 0 Å². The molecule has 1 aliphatic rings. The van der Waals surface area contributed by atoms with Crippen LogP contribution in [0.2, 0.25) is 0 Å². The Balaban J connectivity index is 1.43. The van der Waals surface area contributed by atoms with E-state index < -0.39 is 6.04 Å². The zero-order valence-electron chi connectivity index (χ0n) is 25.9. The highest BCUT2D eigenvalue weighted by Crippen LogP contribution is 2.34. The monoisotopic (exact) mass is 622 g/mol. The van der Waals surface area contributed by atoms with Crippen LogP contribution in [0.15, 0.2) is 84.9 Å². The Bertz CT molecular complexity index is 1760. The van der Waals surface area contributed by atoms with Crippen LogP contribution in [-0.4, -0.2) is 46.8 Å². The molecule has 0 spiro atoms. The lowest BCUT2D eigenvalue weighted by Gasteiger charge is -2.33. The summed E-state index contributed by atoms with van der Waals surface area (Å²) in [7, 11) is 3.24. The van der Waals surface area contributed by atoms with Crippen molar-refractivity contribution in [1.29, 1.82) is 0 Å². The number of methoxy groups -OCH3 is 2. The Morgan fingerprint density at radius 3 is 2.22 bits per heavy atom. The molecule has 8 nitrogen and oxygen atoms in total. The van der Waals surface area contributed by atoms with Gasteiger partial charge in [-0.05, 0) is 73.4 Å².